The average molecular weight is 424 g/mol. The third kappa shape index (κ3) is 6.52. The molecule has 2 aromatic rings. The van der Waals surface area contributed by atoms with Gasteiger partial charge >= 0.3 is 0 Å². The van der Waals surface area contributed by atoms with Crippen LogP contribution in [0.4, 0.5) is 0 Å². The number of nitrogens with zero attached hydrogens (tertiary/aromatic N) is 1. The highest BCUT2D eigenvalue weighted by molar-refractivity contribution is 9.10. The third-order valence-electron chi connectivity index (χ3n) is 3.53. The summed E-state index contributed by atoms with van der Waals surface area (Å²) in [6, 6.07) is 13.2. The predicted molar refractivity (Wildman–Crippen MR) is 105 cm³/mol. The first-order valence-electron chi connectivity index (χ1n) is 7.94. The van der Waals surface area contributed by atoms with Gasteiger partial charge in [0.1, 0.15) is 5.75 Å². The molecule has 2 aromatic carbocycles. The standard InChI is InChI=1S/C19H20BrClN2O2/c1-13-11-17(21)8-9-18(13)25-10-4-7-19(24)23-22-14(2)15-5-3-6-16(20)12-15/h3,5-6,8-9,11-12H,4,7,10H2,1-2H3,(H,23,24)/b22-14+. The zero-order valence-electron chi connectivity index (χ0n) is 14.2. The van der Waals surface area contributed by atoms with Gasteiger partial charge in [0.05, 0.1) is 12.3 Å². The van der Waals surface area contributed by atoms with Crippen molar-refractivity contribution in [3.05, 3.63) is 63.1 Å². The van der Waals surface area contributed by atoms with Gasteiger partial charge in [-0.3, -0.25) is 4.79 Å². The van der Waals surface area contributed by atoms with E-state index in [1.807, 2.05) is 50.2 Å². The van der Waals surface area contributed by atoms with Gasteiger partial charge < -0.3 is 4.74 Å². The zero-order chi connectivity index (χ0) is 18.2. The zero-order valence-corrected chi connectivity index (χ0v) is 16.5. The topological polar surface area (TPSA) is 50.7 Å². The minimum atomic E-state index is -0.134. The number of hydrogen-bond acceptors (Lipinski definition) is 3. The highest BCUT2D eigenvalue weighted by atomic mass is 79.9. The minimum Gasteiger partial charge on any atom is -0.493 e. The quantitative estimate of drug-likeness (QED) is 0.382. The van der Waals surface area contributed by atoms with E-state index in [1.54, 1.807) is 6.07 Å². The lowest BCUT2D eigenvalue weighted by Crippen LogP contribution is -2.19. The van der Waals surface area contributed by atoms with Gasteiger partial charge in [0, 0.05) is 15.9 Å². The second kappa shape index (κ2) is 9.59. The predicted octanol–water partition coefficient (Wildman–Crippen LogP) is 5.11. The van der Waals surface area contributed by atoms with Gasteiger partial charge in [-0.05, 0) is 61.7 Å². The van der Waals surface area contributed by atoms with Gasteiger partial charge in [0.25, 0.3) is 0 Å². The molecule has 25 heavy (non-hydrogen) atoms. The van der Waals surface area contributed by atoms with Crippen molar-refractivity contribution >= 4 is 39.1 Å². The fraction of sp³-hybridized carbons (Fsp3) is 0.263. The number of rotatable bonds is 7. The molecule has 6 heteroatoms. The summed E-state index contributed by atoms with van der Waals surface area (Å²) in [5, 5.41) is 4.82. The van der Waals surface area contributed by atoms with Crippen molar-refractivity contribution in [2.24, 2.45) is 5.10 Å². The van der Waals surface area contributed by atoms with Crippen LogP contribution in [0.3, 0.4) is 0 Å². The number of amides is 1. The molecule has 0 spiro atoms. The second-order valence-electron chi connectivity index (χ2n) is 5.60. The maximum absolute atomic E-state index is 11.9. The van der Waals surface area contributed by atoms with Crippen LogP contribution in [0.5, 0.6) is 5.75 Å². The van der Waals surface area contributed by atoms with Crippen molar-refractivity contribution in [2.45, 2.75) is 26.7 Å². The molecule has 0 bridgehead atoms. The molecule has 0 saturated carbocycles. The molecule has 1 N–H and O–H groups in total. The van der Waals surface area contributed by atoms with E-state index in [0.29, 0.717) is 24.5 Å². The number of hydrogen-bond donors (Lipinski definition) is 1. The number of ether oxygens (including phenoxy) is 1. The van der Waals surface area contributed by atoms with Gasteiger partial charge in [-0.15, -0.1) is 0 Å². The molecule has 0 aliphatic rings. The Bertz CT molecular complexity index is 778. The Kier molecular flexibility index (Phi) is 7.47. The van der Waals surface area contributed by atoms with Crippen LogP contribution in [-0.2, 0) is 4.79 Å². The van der Waals surface area contributed by atoms with Crippen molar-refractivity contribution in [3.63, 3.8) is 0 Å². The first kappa shape index (κ1) is 19.5. The molecule has 2 rings (SSSR count). The summed E-state index contributed by atoms with van der Waals surface area (Å²) in [6.07, 6.45) is 0.960. The van der Waals surface area contributed by atoms with Crippen molar-refractivity contribution in [2.75, 3.05) is 6.61 Å². The number of carbonyl (C=O) groups excluding carboxylic acids is 1. The summed E-state index contributed by atoms with van der Waals surface area (Å²) in [5.74, 6) is 0.652. The van der Waals surface area contributed by atoms with E-state index in [-0.39, 0.29) is 5.91 Å². The van der Waals surface area contributed by atoms with Crippen LogP contribution in [0.25, 0.3) is 0 Å². The molecular formula is C19H20BrClN2O2. The van der Waals surface area contributed by atoms with E-state index in [9.17, 15) is 4.79 Å². The summed E-state index contributed by atoms with van der Waals surface area (Å²) in [4.78, 5) is 11.9. The Balaban J connectivity index is 1.74. The normalized spacial score (nSPS) is 11.3. The first-order chi connectivity index (χ1) is 12.0. The van der Waals surface area contributed by atoms with Gasteiger partial charge in [0.15, 0.2) is 0 Å². The summed E-state index contributed by atoms with van der Waals surface area (Å²) in [5.41, 5.74) is 5.26. The van der Waals surface area contributed by atoms with Crippen LogP contribution in [0.15, 0.2) is 52.0 Å². The van der Waals surface area contributed by atoms with Crippen molar-refractivity contribution < 1.29 is 9.53 Å². The Hall–Kier alpha value is -1.85. The van der Waals surface area contributed by atoms with Crippen LogP contribution in [-0.4, -0.2) is 18.2 Å². The van der Waals surface area contributed by atoms with Gasteiger partial charge in [0.2, 0.25) is 5.91 Å². The van der Waals surface area contributed by atoms with E-state index < -0.39 is 0 Å². The molecule has 0 aromatic heterocycles. The van der Waals surface area contributed by atoms with E-state index in [2.05, 4.69) is 26.5 Å². The SMILES string of the molecule is C/C(=N\NC(=O)CCCOc1ccc(Cl)cc1C)c1cccc(Br)c1. The Labute approximate surface area is 161 Å². The monoisotopic (exact) mass is 422 g/mol. The largest absolute Gasteiger partial charge is 0.493 e. The maximum atomic E-state index is 11.9. The summed E-state index contributed by atoms with van der Waals surface area (Å²) < 4.78 is 6.64. The molecule has 0 aliphatic carbocycles. The second-order valence-corrected chi connectivity index (χ2v) is 6.96. The highest BCUT2D eigenvalue weighted by Crippen LogP contribution is 2.21. The smallest absolute Gasteiger partial charge is 0.240 e. The number of aryl methyl sites for hydroxylation is 1. The van der Waals surface area contributed by atoms with Gasteiger partial charge in [-0.25, -0.2) is 5.43 Å². The molecule has 132 valence electrons. The molecule has 0 aliphatic heterocycles. The fourth-order valence-corrected chi connectivity index (χ4v) is 2.80. The maximum Gasteiger partial charge on any atom is 0.240 e. The lowest BCUT2D eigenvalue weighted by Gasteiger charge is -2.09. The Morgan fingerprint density at radius 1 is 1.28 bits per heavy atom. The number of benzene rings is 2. The molecule has 0 unspecified atom stereocenters. The van der Waals surface area contributed by atoms with E-state index in [0.717, 1.165) is 27.1 Å². The fourth-order valence-electron chi connectivity index (χ4n) is 2.17. The van der Waals surface area contributed by atoms with E-state index in [4.69, 9.17) is 16.3 Å². The van der Waals surface area contributed by atoms with Crippen molar-refractivity contribution in [3.8, 4) is 5.75 Å². The Morgan fingerprint density at radius 3 is 2.80 bits per heavy atom. The molecule has 0 atom stereocenters. The van der Waals surface area contributed by atoms with Crippen molar-refractivity contribution in [1.82, 2.24) is 5.43 Å². The van der Waals surface area contributed by atoms with Gasteiger partial charge in [-0.2, -0.15) is 5.10 Å². The van der Waals surface area contributed by atoms with E-state index >= 15 is 0 Å². The molecule has 0 fully saturated rings. The van der Waals surface area contributed by atoms with Crippen LogP contribution >= 0.6 is 27.5 Å². The number of halogens is 2. The summed E-state index contributed by atoms with van der Waals surface area (Å²) in [7, 11) is 0. The lowest BCUT2D eigenvalue weighted by atomic mass is 10.1. The first-order valence-corrected chi connectivity index (χ1v) is 9.11. The number of hydrazone groups is 1. The van der Waals surface area contributed by atoms with Crippen molar-refractivity contribution in [1.29, 1.82) is 0 Å². The minimum absolute atomic E-state index is 0.134. The van der Waals surface area contributed by atoms with Crippen LogP contribution in [0.2, 0.25) is 5.02 Å². The molecule has 1 amide bonds. The van der Waals surface area contributed by atoms with Crippen LogP contribution in [0.1, 0.15) is 30.9 Å². The molecule has 0 radical (unpaired) electrons. The summed E-state index contributed by atoms with van der Waals surface area (Å²) in [6.45, 7) is 4.26. The van der Waals surface area contributed by atoms with Crippen LogP contribution in [0, 0.1) is 6.92 Å². The van der Waals surface area contributed by atoms with Crippen LogP contribution < -0.4 is 10.2 Å². The lowest BCUT2D eigenvalue weighted by molar-refractivity contribution is -0.121. The average Bonchev–Trinajstić information content (AvgIpc) is 2.58. The third-order valence-corrected chi connectivity index (χ3v) is 4.26. The Morgan fingerprint density at radius 2 is 2.08 bits per heavy atom. The summed E-state index contributed by atoms with van der Waals surface area (Å²) >= 11 is 9.33. The number of carbonyl (C=O) groups is 1. The number of nitrogens with one attached hydrogen (secondary N) is 1. The van der Waals surface area contributed by atoms with E-state index in [1.165, 1.54) is 0 Å². The molecule has 4 nitrogen and oxygen atoms in total. The molecule has 0 heterocycles. The molecular weight excluding hydrogens is 404 g/mol. The van der Waals surface area contributed by atoms with Gasteiger partial charge in [-0.1, -0.05) is 39.7 Å². The highest BCUT2D eigenvalue weighted by Gasteiger charge is 2.04. The molecule has 0 saturated heterocycles.